The van der Waals surface area contributed by atoms with Gasteiger partial charge in [0.15, 0.2) is 9.84 Å². The Balaban J connectivity index is 2.26. The summed E-state index contributed by atoms with van der Waals surface area (Å²) in [5.41, 5.74) is 8.25. The standard InChI is InChI=1S/C15H23ClN2O2S/c1-2-14(17)10-12-4-5-13(16)11-15(12)18-6-3-8-21(19,20)9-7-18/h4-5,11,14H,2-3,6-10,17H2,1H3. The second kappa shape index (κ2) is 6.99. The predicted octanol–water partition coefficient (Wildman–Crippen LogP) is 2.24. The highest BCUT2D eigenvalue weighted by Gasteiger charge is 2.21. The zero-order valence-electron chi connectivity index (χ0n) is 12.4. The minimum absolute atomic E-state index is 0.112. The number of benzene rings is 1. The zero-order valence-corrected chi connectivity index (χ0v) is 14.0. The van der Waals surface area contributed by atoms with Crippen molar-refractivity contribution >= 4 is 27.1 Å². The molecule has 1 unspecified atom stereocenters. The van der Waals surface area contributed by atoms with Crippen LogP contribution in [0.25, 0.3) is 0 Å². The van der Waals surface area contributed by atoms with E-state index in [-0.39, 0.29) is 17.5 Å². The molecule has 1 saturated heterocycles. The highest BCUT2D eigenvalue weighted by Crippen LogP contribution is 2.27. The van der Waals surface area contributed by atoms with E-state index in [1.54, 1.807) is 0 Å². The zero-order chi connectivity index (χ0) is 15.5. The fourth-order valence-corrected chi connectivity index (χ4v) is 4.05. The summed E-state index contributed by atoms with van der Waals surface area (Å²) in [5, 5.41) is 0.672. The van der Waals surface area contributed by atoms with Crippen molar-refractivity contribution in [3.05, 3.63) is 28.8 Å². The molecule has 0 saturated carbocycles. The van der Waals surface area contributed by atoms with E-state index in [1.807, 2.05) is 18.2 Å². The van der Waals surface area contributed by atoms with Crippen LogP contribution in [0.4, 0.5) is 5.69 Å². The number of hydrogen-bond donors (Lipinski definition) is 1. The normalized spacial score (nSPS) is 20.0. The van der Waals surface area contributed by atoms with Gasteiger partial charge in [0, 0.05) is 29.8 Å². The Labute approximate surface area is 132 Å². The molecule has 1 aromatic carbocycles. The molecule has 2 N–H and O–H groups in total. The van der Waals surface area contributed by atoms with Gasteiger partial charge in [0.05, 0.1) is 11.5 Å². The third kappa shape index (κ3) is 4.59. The summed E-state index contributed by atoms with van der Waals surface area (Å²) in [5.74, 6) is 0.479. The molecule has 6 heteroatoms. The van der Waals surface area contributed by atoms with E-state index in [0.29, 0.717) is 18.0 Å². The number of nitrogens with two attached hydrogens (primary N) is 1. The molecule has 0 aliphatic carbocycles. The topological polar surface area (TPSA) is 63.4 Å². The van der Waals surface area contributed by atoms with E-state index in [0.717, 1.165) is 30.6 Å². The van der Waals surface area contributed by atoms with E-state index in [4.69, 9.17) is 17.3 Å². The quantitative estimate of drug-likeness (QED) is 0.919. The molecule has 0 amide bonds. The Kier molecular flexibility index (Phi) is 5.52. The number of anilines is 1. The van der Waals surface area contributed by atoms with Gasteiger partial charge in [-0.05, 0) is 37.0 Å². The van der Waals surface area contributed by atoms with Crippen molar-refractivity contribution in [1.29, 1.82) is 0 Å². The number of hydrogen-bond acceptors (Lipinski definition) is 4. The first kappa shape index (κ1) is 16.6. The van der Waals surface area contributed by atoms with E-state index >= 15 is 0 Å². The molecule has 2 rings (SSSR count). The number of nitrogens with zero attached hydrogens (tertiary/aromatic N) is 1. The average molecular weight is 331 g/mol. The van der Waals surface area contributed by atoms with E-state index in [9.17, 15) is 8.42 Å². The molecular weight excluding hydrogens is 308 g/mol. The molecule has 1 aliphatic heterocycles. The fraction of sp³-hybridized carbons (Fsp3) is 0.600. The van der Waals surface area contributed by atoms with Crippen LogP contribution >= 0.6 is 11.6 Å². The molecule has 1 fully saturated rings. The minimum Gasteiger partial charge on any atom is -0.370 e. The van der Waals surface area contributed by atoms with E-state index in [1.165, 1.54) is 0 Å². The van der Waals surface area contributed by atoms with Crippen molar-refractivity contribution in [2.24, 2.45) is 5.73 Å². The molecule has 0 spiro atoms. The summed E-state index contributed by atoms with van der Waals surface area (Å²) in [7, 11) is -2.91. The summed E-state index contributed by atoms with van der Waals surface area (Å²) in [6, 6.07) is 5.92. The Morgan fingerprint density at radius 2 is 2.10 bits per heavy atom. The van der Waals surface area contributed by atoms with Crippen LogP contribution in [-0.2, 0) is 16.3 Å². The summed E-state index contributed by atoms with van der Waals surface area (Å²) in [6.45, 7) is 3.34. The number of sulfone groups is 1. The lowest BCUT2D eigenvalue weighted by Crippen LogP contribution is -2.29. The minimum atomic E-state index is -2.91. The van der Waals surface area contributed by atoms with Gasteiger partial charge in [-0.15, -0.1) is 0 Å². The van der Waals surface area contributed by atoms with E-state index in [2.05, 4.69) is 11.8 Å². The van der Waals surface area contributed by atoms with Gasteiger partial charge in [-0.2, -0.15) is 0 Å². The Bertz CT molecular complexity index is 589. The molecule has 21 heavy (non-hydrogen) atoms. The van der Waals surface area contributed by atoms with Gasteiger partial charge in [0.1, 0.15) is 0 Å². The summed E-state index contributed by atoms with van der Waals surface area (Å²) < 4.78 is 23.5. The first-order valence-corrected chi connectivity index (χ1v) is 9.60. The van der Waals surface area contributed by atoms with Crippen molar-refractivity contribution in [3.8, 4) is 0 Å². The molecule has 1 aromatic rings. The molecular formula is C15H23ClN2O2S. The third-order valence-corrected chi connectivity index (χ3v) is 5.90. The van der Waals surface area contributed by atoms with Crippen molar-refractivity contribution < 1.29 is 8.42 Å². The van der Waals surface area contributed by atoms with Crippen LogP contribution in [0.2, 0.25) is 5.02 Å². The van der Waals surface area contributed by atoms with Gasteiger partial charge < -0.3 is 10.6 Å². The largest absolute Gasteiger partial charge is 0.370 e. The van der Waals surface area contributed by atoms with Gasteiger partial charge in [-0.25, -0.2) is 8.42 Å². The van der Waals surface area contributed by atoms with Crippen LogP contribution < -0.4 is 10.6 Å². The van der Waals surface area contributed by atoms with Crippen LogP contribution in [0.3, 0.4) is 0 Å². The first-order valence-electron chi connectivity index (χ1n) is 7.40. The smallest absolute Gasteiger partial charge is 0.152 e. The maximum absolute atomic E-state index is 11.8. The average Bonchev–Trinajstić information content (AvgIpc) is 2.61. The number of rotatable bonds is 4. The van der Waals surface area contributed by atoms with Gasteiger partial charge in [0.25, 0.3) is 0 Å². The Hall–Kier alpha value is -0.780. The van der Waals surface area contributed by atoms with Gasteiger partial charge >= 0.3 is 0 Å². The molecule has 1 aliphatic rings. The lowest BCUT2D eigenvalue weighted by Gasteiger charge is -2.26. The van der Waals surface area contributed by atoms with Crippen molar-refractivity contribution in [2.75, 3.05) is 29.5 Å². The SMILES string of the molecule is CCC(N)Cc1ccc(Cl)cc1N1CCCS(=O)(=O)CC1. The Morgan fingerprint density at radius 3 is 2.81 bits per heavy atom. The summed E-state index contributed by atoms with van der Waals surface area (Å²) in [6.07, 6.45) is 2.36. The van der Waals surface area contributed by atoms with Crippen molar-refractivity contribution in [2.45, 2.75) is 32.2 Å². The maximum atomic E-state index is 11.8. The van der Waals surface area contributed by atoms with E-state index < -0.39 is 9.84 Å². The summed E-state index contributed by atoms with van der Waals surface area (Å²) in [4.78, 5) is 2.13. The van der Waals surface area contributed by atoms with Gasteiger partial charge in [-0.1, -0.05) is 24.6 Å². The van der Waals surface area contributed by atoms with Crippen molar-refractivity contribution in [3.63, 3.8) is 0 Å². The molecule has 0 radical (unpaired) electrons. The monoisotopic (exact) mass is 330 g/mol. The lowest BCUT2D eigenvalue weighted by atomic mass is 10.0. The molecule has 118 valence electrons. The maximum Gasteiger partial charge on any atom is 0.152 e. The number of halogens is 1. The van der Waals surface area contributed by atoms with Crippen molar-refractivity contribution in [1.82, 2.24) is 0 Å². The van der Waals surface area contributed by atoms with Crippen LogP contribution in [0.1, 0.15) is 25.3 Å². The van der Waals surface area contributed by atoms with Crippen LogP contribution in [0.15, 0.2) is 18.2 Å². The first-order chi connectivity index (χ1) is 9.91. The molecule has 1 heterocycles. The van der Waals surface area contributed by atoms with Crippen LogP contribution in [-0.4, -0.2) is 39.1 Å². The van der Waals surface area contributed by atoms with Gasteiger partial charge in [0.2, 0.25) is 0 Å². The fourth-order valence-electron chi connectivity index (χ4n) is 2.61. The third-order valence-electron chi connectivity index (χ3n) is 3.95. The second-order valence-electron chi connectivity index (χ2n) is 5.64. The molecule has 1 atom stereocenters. The lowest BCUT2D eigenvalue weighted by molar-refractivity contribution is 0.597. The van der Waals surface area contributed by atoms with Crippen LogP contribution in [0, 0.1) is 0 Å². The highest BCUT2D eigenvalue weighted by atomic mass is 35.5. The highest BCUT2D eigenvalue weighted by molar-refractivity contribution is 7.91. The molecule has 0 aromatic heterocycles. The van der Waals surface area contributed by atoms with Crippen LogP contribution in [0.5, 0.6) is 0 Å². The molecule has 0 bridgehead atoms. The van der Waals surface area contributed by atoms with Gasteiger partial charge in [-0.3, -0.25) is 0 Å². The second-order valence-corrected chi connectivity index (χ2v) is 8.38. The molecule has 4 nitrogen and oxygen atoms in total. The Morgan fingerprint density at radius 1 is 1.33 bits per heavy atom. The predicted molar refractivity (Wildman–Crippen MR) is 88.9 cm³/mol. The summed E-state index contributed by atoms with van der Waals surface area (Å²) >= 11 is 6.13.